The molecule has 0 radical (unpaired) electrons. The molecule has 1 saturated heterocycles. The lowest BCUT2D eigenvalue weighted by Crippen LogP contribution is -2.55. The van der Waals surface area contributed by atoms with Crippen LogP contribution >= 0.6 is 0 Å². The molecule has 1 aromatic rings. The van der Waals surface area contributed by atoms with Crippen molar-refractivity contribution in [2.24, 2.45) is 0 Å². The summed E-state index contributed by atoms with van der Waals surface area (Å²) in [4.78, 5) is 13.4. The third-order valence-electron chi connectivity index (χ3n) is 7.51. The maximum Gasteiger partial charge on any atom is 0.193 e. The molecule has 1 aliphatic heterocycles. The lowest BCUT2D eigenvalue weighted by molar-refractivity contribution is -0.161. The van der Waals surface area contributed by atoms with Crippen LogP contribution in [0.5, 0.6) is 5.75 Å². The molecule has 3 atom stereocenters. The summed E-state index contributed by atoms with van der Waals surface area (Å²) in [6.45, 7) is 22.4. The fraction of sp³-hybridized carbons (Fsp3) is 0.720. The van der Waals surface area contributed by atoms with E-state index in [-0.39, 0.29) is 22.0 Å². The number of methoxy groups -OCH3 is 1. The molecule has 182 valence electrons. The Bertz CT molecular complexity index is 775. The molecule has 0 aliphatic carbocycles. The number of ketones is 1. The first-order valence-electron chi connectivity index (χ1n) is 11.6. The Morgan fingerprint density at radius 1 is 0.938 bits per heavy atom. The summed E-state index contributed by atoms with van der Waals surface area (Å²) in [6.07, 6.45) is -1.01. The average molecular weight is 481 g/mol. The minimum atomic E-state index is -2.16. The Morgan fingerprint density at radius 2 is 1.47 bits per heavy atom. The lowest BCUT2D eigenvalue weighted by Gasteiger charge is -2.44. The monoisotopic (exact) mass is 480 g/mol. The van der Waals surface area contributed by atoms with Crippen LogP contribution in [0.3, 0.4) is 0 Å². The van der Waals surface area contributed by atoms with E-state index < -0.39 is 28.8 Å². The van der Waals surface area contributed by atoms with E-state index in [1.165, 1.54) is 0 Å². The summed E-state index contributed by atoms with van der Waals surface area (Å²) in [5.74, 6) is 0.888. The second kappa shape index (κ2) is 9.70. The molecule has 0 aromatic heterocycles. The molecule has 1 aromatic carbocycles. The molecule has 0 unspecified atom stereocenters. The summed E-state index contributed by atoms with van der Waals surface area (Å²) in [5, 5.41) is 0.0851. The highest BCUT2D eigenvalue weighted by molar-refractivity contribution is 6.74. The van der Waals surface area contributed by atoms with Gasteiger partial charge in [0.1, 0.15) is 18.0 Å². The zero-order valence-corrected chi connectivity index (χ0v) is 24.0. The molecule has 1 fully saturated rings. The maximum absolute atomic E-state index is 13.4. The van der Waals surface area contributed by atoms with Gasteiger partial charge in [0.05, 0.1) is 19.8 Å². The third-order valence-corrected chi connectivity index (χ3v) is 16.5. The standard InChI is InChI=1S/C25H44O5Si2/c1-24(2,3)31(8,9)28-17-22-23(30-32(10,11)25(4,5)6)20(26)16-21(29-22)18-12-14-19(27-7)15-13-18/h12-15,21-23H,16-17H2,1-11H3/t21-,22+,23-/m0/s1. The van der Waals surface area contributed by atoms with Gasteiger partial charge in [-0.25, -0.2) is 0 Å². The third kappa shape index (κ3) is 6.32. The van der Waals surface area contributed by atoms with Gasteiger partial charge < -0.3 is 18.3 Å². The predicted molar refractivity (Wildman–Crippen MR) is 135 cm³/mol. The maximum atomic E-state index is 13.4. The largest absolute Gasteiger partial charge is 0.497 e. The Morgan fingerprint density at radius 3 is 1.94 bits per heavy atom. The minimum absolute atomic E-state index is 0.00491. The molecule has 0 saturated carbocycles. The summed E-state index contributed by atoms with van der Waals surface area (Å²) < 4.78 is 24.9. The molecule has 0 N–H and O–H groups in total. The quantitative estimate of drug-likeness (QED) is 0.417. The van der Waals surface area contributed by atoms with Crippen molar-refractivity contribution in [3.63, 3.8) is 0 Å². The van der Waals surface area contributed by atoms with Crippen LogP contribution in [0.15, 0.2) is 24.3 Å². The summed E-state index contributed by atoms with van der Waals surface area (Å²) >= 11 is 0. The first-order chi connectivity index (χ1) is 14.5. The molecule has 1 aliphatic rings. The number of benzene rings is 1. The first-order valence-corrected chi connectivity index (χ1v) is 17.4. The van der Waals surface area contributed by atoms with Crippen molar-refractivity contribution in [3.8, 4) is 5.75 Å². The number of hydrogen-bond acceptors (Lipinski definition) is 5. The molecule has 0 bridgehead atoms. The predicted octanol–water partition coefficient (Wildman–Crippen LogP) is 6.51. The number of rotatable bonds is 7. The van der Waals surface area contributed by atoms with E-state index in [0.29, 0.717) is 13.0 Å². The molecule has 2 rings (SSSR count). The van der Waals surface area contributed by atoms with Gasteiger partial charge in [0, 0.05) is 6.42 Å². The van der Waals surface area contributed by atoms with Crippen LogP contribution in [0.2, 0.25) is 36.3 Å². The van der Waals surface area contributed by atoms with E-state index in [1.54, 1.807) is 7.11 Å². The molecule has 0 amide bonds. The smallest absolute Gasteiger partial charge is 0.193 e. The van der Waals surface area contributed by atoms with Crippen LogP contribution in [-0.2, 0) is 18.4 Å². The SMILES string of the molecule is COc1ccc([C@@H]2CC(=O)[C@H](O[Si](C)(C)C(C)(C)C)[C@@H](CO[Si](C)(C)C(C)(C)C)O2)cc1. The van der Waals surface area contributed by atoms with E-state index in [9.17, 15) is 4.79 Å². The summed E-state index contributed by atoms with van der Waals surface area (Å²) in [7, 11) is -2.52. The van der Waals surface area contributed by atoms with Crippen LogP contribution in [0.25, 0.3) is 0 Å². The van der Waals surface area contributed by atoms with Gasteiger partial charge in [-0.05, 0) is 54.0 Å². The van der Waals surface area contributed by atoms with E-state index in [1.807, 2.05) is 24.3 Å². The minimum Gasteiger partial charge on any atom is -0.497 e. The van der Waals surface area contributed by atoms with Gasteiger partial charge in [0.15, 0.2) is 22.4 Å². The van der Waals surface area contributed by atoms with Crippen molar-refractivity contribution in [3.05, 3.63) is 29.8 Å². The Labute approximate surface area is 197 Å². The van der Waals surface area contributed by atoms with Crippen molar-refractivity contribution in [1.29, 1.82) is 0 Å². The molecule has 1 heterocycles. The van der Waals surface area contributed by atoms with Gasteiger partial charge in [-0.3, -0.25) is 4.79 Å². The van der Waals surface area contributed by atoms with Crippen molar-refractivity contribution >= 4 is 22.4 Å². The van der Waals surface area contributed by atoms with E-state index in [4.69, 9.17) is 18.3 Å². The van der Waals surface area contributed by atoms with Gasteiger partial charge in [-0.15, -0.1) is 0 Å². The number of carbonyl (C=O) groups excluding carboxylic acids is 1. The lowest BCUT2D eigenvalue weighted by atomic mass is 9.95. The fourth-order valence-corrected chi connectivity index (χ4v) is 5.41. The van der Waals surface area contributed by atoms with Crippen molar-refractivity contribution < 1.29 is 23.1 Å². The molecule has 32 heavy (non-hydrogen) atoms. The Hall–Kier alpha value is -0.996. The van der Waals surface area contributed by atoms with Gasteiger partial charge in [0.2, 0.25) is 0 Å². The van der Waals surface area contributed by atoms with Gasteiger partial charge in [0.25, 0.3) is 0 Å². The topological polar surface area (TPSA) is 54.0 Å². The second-order valence-electron chi connectivity index (χ2n) is 12.0. The van der Waals surface area contributed by atoms with Crippen LogP contribution in [0.4, 0.5) is 0 Å². The van der Waals surface area contributed by atoms with E-state index >= 15 is 0 Å². The summed E-state index contributed by atoms with van der Waals surface area (Å²) in [6, 6.07) is 7.75. The number of ether oxygens (including phenoxy) is 2. The number of carbonyl (C=O) groups is 1. The normalized spacial score (nSPS) is 23.3. The van der Waals surface area contributed by atoms with E-state index in [2.05, 4.69) is 67.7 Å². The Kier molecular flexibility index (Phi) is 8.26. The van der Waals surface area contributed by atoms with Crippen LogP contribution in [0, 0.1) is 0 Å². The highest BCUT2D eigenvalue weighted by Crippen LogP contribution is 2.41. The van der Waals surface area contributed by atoms with Crippen LogP contribution in [-0.4, -0.2) is 48.3 Å². The zero-order chi connectivity index (χ0) is 24.5. The number of Topliss-reactive ketones (excluding diaryl/α,β-unsaturated/α-hetero) is 1. The van der Waals surface area contributed by atoms with Crippen LogP contribution in [0.1, 0.15) is 59.6 Å². The Balaban J connectivity index is 2.30. The fourth-order valence-electron chi connectivity index (χ4n) is 3.12. The van der Waals surface area contributed by atoms with Gasteiger partial charge in [-0.2, -0.15) is 0 Å². The molecule has 7 heteroatoms. The first kappa shape index (κ1) is 27.2. The highest BCUT2D eigenvalue weighted by atomic mass is 28.4. The average Bonchev–Trinajstić information content (AvgIpc) is 2.66. The zero-order valence-electron chi connectivity index (χ0n) is 22.0. The van der Waals surface area contributed by atoms with Crippen molar-refractivity contribution in [2.45, 2.75) is 103 Å². The van der Waals surface area contributed by atoms with Crippen molar-refractivity contribution in [2.75, 3.05) is 13.7 Å². The van der Waals surface area contributed by atoms with Gasteiger partial charge in [-0.1, -0.05) is 53.7 Å². The molecular weight excluding hydrogens is 436 g/mol. The molecular formula is C25H44O5Si2. The van der Waals surface area contributed by atoms with E-state index in [0.717, 1.165) is 11.3 Å². The highest BCUT2D eigenvalue weighted by Gasteiger charge is 2.47. The van der Waals surface area contributed by atoms with Crippen molar-refractivity contribution in [1.82, 2.24) is 0 Å². The van der Waals surface area contributed by atoms with Gasteiger partial charge >= 0.3 is 0 Å². The number of hydrogen-bond donors (Lipinski definition) is 0. The van der Waals surface area contributed by atoms with Crippen LogP contribution < -0.4 is 4.74 Å². The molecule has 0 spiro atoms. The second-order valence-corrected chi connectivity index (χ2v) is 21.5. The molecule has 5 nitrogen and oxygen atoms in total. The summed E-state index contributed by atoms with van der Waals surface area (Å²) in [5.41, 5.74) is 0.974.